The lowest BCUT2D eigenvalue weighted by Gasteiger charge is -2.29. The van der Waals surface area contributed by atoms with E-state index in [9.17, 15) is 19.2 Å². The smallest absolute Gasteiger partial charge is 0.306 e. The number of allylic oxidation sites excluding steroid dienone is 8. The molecule has 0 aliphatic heterocycles. The number of unbranched alkanes of at least 4 members (excludes halogenated alkanes) is 44. The van der Waals surface area contributed by atoms with Gasteiger partial charge in [0.2, 0.25) is 0 Å². The molecule has 0 bridgehead atoms. The predicted octanol–water partition coefficient (Wildman–Crippen LogP) is 39.8. The molecule has 0 heterocycles. The molecule has 0 saturated heterocycles. The Bertz CT molecular complexity index is 2310. The molecule has 0 aliphatic rings. The fourth-order valence-electron chi connectivity index (χ4n) is 16.3. The van der Waals surface area contributed by atoms with Crippen molar-refractivity contribution in [2.45, 2.75) is 624 Å². The SMILES string of the molecule is CCCCCCCC/C=C/CCCCCCCC(=O)OC(C)(C)CCCC(C)CC.CCCCCCCC/C=C/CCCCCCCC(=O)OC(C)(CC)CCCC(C)C.CCCCCCCC/C=C/CCCCCCCC(=O)OCCC(C)CCCC(C)C.CCCCCCCC/C=C/CCCCCCCC(=O)OCCC(C)CCCC(C)CCCC(C)C. The van der Waals surface area contributed by atoms with Gasteiger partial charge in [0.15, 0.2) is 0 Å². The Morgan fingerprint density at radius 1 is 0.232 bits per heavy atom. The van der Waals surface area contributed by atoms with Gasteiger partial charge in [-0.1, -0.05) is 442 Å². The number of carbonyl (C=O) groups is 4. The molecule has 8 nitrogen and oxygen atoms in total. The van der Waals surface area contributed by atoms with E-state index in [0.717, 1.165) is 126 Å². The van der Waals surface area contributed by atoms with E-state index in [-0.39, 0.29) is 35.1 Å². The topological polar surface area (TPSA) is 105 Å². The van der Waals surface area contributed by atoms with Gasteiger partial charge < -0.3 is 18.9 Å². The van der Waals surface area contributed by atoms with Gasteiger partial charge in [-0.3, -0.25) is 19.2 Å². The van der Waals surface area contributed by atoms with E-state index in [2.05, 4.69) is 180 Å². The molecule has 742 valence electrons. The van der Waals surface area contributed by atoms with Crippen LogP contribution in [0.25, 0.3) is 0 Å². The molecule has 5 atom stereocenters. The molecular weight excluding hydrogens is 1530 g/mol. The van der Waals surface area contributed by atoms with E-state index in [1.165, 1.54) is 360 Å². The number of carbonyl (C=O) groups excluding carboxylic acids is 4. The molecular formula is C117H226O8. The first-order chi connectivity index (χ1) is 60.4. The van der Waals surface area contributed by atoms with Gasteiger partial charge in [-0.2, -0.15) is 0 Å². The van der Waals surface area contributed by atoms with E-state index < -0.39 is 0 Å². The summed E-state index contributed by atoms with van der Waals surface area (Å²) in [4.78, 5) is 48.1. The minimum absolute atomic E-state index is 0.00141. The van der Waals surface area contributed by atoms with Crippen molar-refractivity contribution in [1.29, 1.82) is 0 Å². The van der Waals surface area contributed by atoms with E-state index in [0.29, 0.717) is 50.7 Å². The maximum absolute atomic E-state index is 12.2. The van der Waals surface area contributed by atoms with Crippen molar-refractivity contribution >= 4 is 23.9 Å². The maximum Gasteiger partial charge on any atom is 0.306 e. The number of rotatable bonds is 90. The van der Waals surface area contributed by atoms with Crippen LogP contribution in [0.1, 0.15) is 613 Å². The van der Waals surface area contributed by atoms with Crippen LogP contribution in [0.15, 0.2) is 48.6 Å². The second-order valence-corrected chi connectivity index (χ2v) is 41.5. The normalized spacial score (nSPS) is 13.3. The van der Waals surface area contributed by atoms with E-state index >= 15 is 0 Å². The Hall–Kier alpha value is -3.16. The minimum Gasteiger partial charge on any atom is -0.466 e. The molecule has 0 saturated carbocycles. The largest absolute Gasteiger partial charge is 0.466 e. The lowest BCUT2D eigenvalue weighted by Crippen LogP contribution is -2.31. The summed E-state index contributed by atoms with van der Waals surface area (Å²) in [7, 11) is 0. The van der Waals surface area contributed by atoms with Gasteiger partial charge in [0, 0.05) is 25.7 Å². The quantitative estimate of drug-likeness (QED) is 0.0257. The van der Waals surface area contributed by atoms with Gasteiger partial charge in [-0.15, -0.1) is 0 Å². The van der Waals surface area contributed by atoms with Crippen molar-refractivity contribution in [1.82, 2.24) is 0 Å². The summed E-state index contributed by atoms with van der Waals surface area (Å²) >= 11 is 0. The van der Waals surface area contributed by atoms with E-state index in [4.69, 9.17) is 18.9 Å². The summed E-state index contributed by atoms with van der Waals surface area (Å²) in [6.07, 6.45) is 111. The first-order valence-electron chi connectivity index (χ1n) is 55.7. The second kappa shape index (κ2) is 101. The average Bonchev–Trinajstić information content (AvgIpc) is 0.899. The molecule has 5 unspecified atom stereocenters. The molecule has 0 radical (unpaired) electrons. The average molecular weight is 1760 g/mol. The van der Waals surface area contributed by atoms with Crippen LogP contribution in [0.4, 0.5) is 0 Å². The highest BCUT2D eigenvalue weighted by Gasteiger charge is 2.27. The summed E-state index contributed by atoms with van der Waals surface area (Å²) in [5.41, 5.74) is -0.583. The van der Waals surface area contributed by atoms with Crippen molar-refractivity contribution in [3.8, 4) is 0 Å². The van der Waals surface area contributed by atoms with Crippen LogP contribution in [-0.4, -0.2) is 48.3 Å². The third-order valence-electron chi connectivity index (χ3n) is 25.8. The molecule has 0 N–H and O–H groups in total. The summed E-state index contributed by atoms with van der Waals surface area (Å²) in [5, 5.41) is 0. The Morgan fingerprint density at radius 2 is 0.456 bits per heavy atom. The van der Waals surface area contributed by atoms with Crippen molar-refractivity contribution in [3.63, 3.8) is 0 Å². The molecule has 0 amide bonds. The van der Waals surface area contributed by atoms with Crippen LogP contribution < -0.4 is 0 Å². The molecule has 125 heavy (non-hydrogen) atoms. The second-order valence-electron chi connectivity index (χ2n) is 41.5. The lowest BCUT2D eigenvalue weighted by atomic mass is 9.93. The highest BCUT2D eigenvalue weighted by Crippen LogP contribution is 2.28. The first kappa shape index (κ1) is 128. The van der Waals surface area contributed by atoms with Crippen molar-refractivity contribution in [2.24, 2.45) is 41.4 Å². The van der Waals surface area contributed by atoms with Gasteiger partial charge in [0.05, 0.1) is 13.2 Å². The van der Waals surface area contributed by atoms with Gasteiger partial charge in [-0.05, 0) is 236 Å². The molecule has 0 aromatic carbocycles. The van der Waals surface area contributed by atoms with Gasteiger partial charge in [0.25, 0.3) is 0 Å². The van der Waals surface area contributed by atoms with Gasteiger partial charge in [-0.25, -0.2) is 0 Å². The molecule has 0 aromatic heterocycles. The fraction of sp³-hybridized carbons (Fsp3) is 0.897. The highest BCUT2D eigenvalue weighted by molar-refractivity contribution is 5.70. The summed E-state index contributed by atoms with van der Waals surface area (Å²) in [5.74, 6) is 5.29. The van der Waals surface area contributed by atoms with Crippen LogP contribution in [0.3, 0.4) is 0 Å². The lowest BCUT2D eigenvalue weighted by molar-refractivity contribution is -0.160. The van der Waals surface area contributed by atoms with Crippen LogP contribution in [0.2, 0.25) is 0 Å². The molecule has 8 heteroatoms. The van der Waals surface area contributed by atoms with Crippen molar-refractivity contribution in [3.05, 3.63) is 48.6 Å². The minimum atomic E-state index is -0.313. The van der Waals surface area contributed by atoms with Crippen molar-refractivity contribution in [2.75, 3.05) is 13.2 Å². The predicted molar refractivity (Wildman–Crippen MR) is 555 cm³/mol. The number of hydrogen-bond acceptors (Lipinski definition) is 8. The molecule has 0 aromatic rings. The fourth-order valence-corrected chi connectivity index (χ4v) is 16.3. The van der Waals surface area contributed by atoms with Crippen LogP contribution >= 0.6 is 0 Å². The van der Waals surface area contributed by atoms with Crippen LogP contribution in [-0.2, 0) is 38.1 Å². The standard InChI is InChI=1S/C33H64O2.3C28H54O2/c1-6-7-8-9-10-11-12-13-14-15-16-17-18-19-20-27-33(34)35-29-28-32(5)26-22-25-31(4)24-21-23-30(2)3;1-6-8-9-10-11-12-13-14-15-16-17-18-19-20-21-24-27(29)30-28(4,5)25-22-23-26(3)7-2;1-6-8-9-10-11-12-13-14-15-16-17-18-19-20-21-24-27(29)30-28(5,7-2)25-22-23-26(3)4;1-5-6-7-8-9-10-11-12-13-14-15-16-17-18-19-23-28(29)30-25-24-27(4)22-20-21-26(2)3/h13-14,30-32H,6-12,15-29H2,1-5H3;2*14-15,26H,6-13,16-25H2,1-5H3;12-13,26-27H,5-11,14-25H2,1-4H3/b14-13+;2*15-14+;13-12+. The molecule has 0 aliphatic carbocycles. The summed E-state index contributed by atoms with van der Waals surface area (Å²) in [6.45, 7) is 43.9. The first-order valence-corrected chi connectivity index (χ1v) is 55.7. The molecule has 0 rings (SSSR count). The number of ether oxygens (including phenoxy) is 4. The Balaban J connectivity index is -0.000000783. The number of esters is 4. The van der Waals surface area contributed by atoms with Crippen LogP contribution in [0, 0.1) is 41.4 Å². The van der Waals surface area contributed by atoms with Gasteiger partial charge in [0.1, 0.15) is 11.2 Å². The zero-order valence-electron chi connectivity index (χ0n) is 88.4. The monoisotopic (exact) mass is 1760 g/mol. The summed E-state index contributed by atoms with van der Waals surface area (Å²) < 4.78 is 22.5. The molecule has 0 fully saturated rings. The zero-order chi connectivity index (χ0) is 93.3. The Morgan fingerprint density at radius 3 is 0.728 bits per heavy atom. The Labute approximate surface area is 784 Å². The highest BCUT2D eigenvalue weighted by atomic mass is 16.6. The zero-order valence-corrected chi connectivity index (χ0v) is 88.4. The molecule has 0 spiro atoms. The Kier molecular flexibility index (Phi) is 104. The van der Waals surface area contributed by atoms with E-state index in [1.807, 2.05) is 0 Å². The summed E-state index contributed by atoms with van der Waals surface area (Å²) in [6, 6.07) is 0. The maximum atomic E-state index is 12.2. The van der Waals surface area contributed by atoms with Crippen molar-refractivity contribution < 1.29 is 38.1 Å². The van der Waals surface area contributed by atoms with Gasteiger partial charge >= 0.3 is 23.9 Å². The third kappa shape index (κ3) is 111. The van der Waals surface area contributed by atoms with Crippen LogP contribution in [0.5, 0.6) is 0 Å². The number of hydrogen-bond donors (Lipinski definition) is 0. The third-order valence-corrected chi connectivity index (χ3v) is 25.8. The van der Waals surface area contributed by atoms with E-state index in [1.54, 1.807) is 0 Å².